The van der Waals surface area contributed by atoms with Crippen LogP contribution in [0.5, 0.6) is 0 Å². The molecule has 1 heterocycles. The number of benzene rings is 1. The lowest BCUT2D eigenvalue weighted by Gasteiger charge is -2.17. The van der Waals surface area contributed by atoms with E-state index in [2.05, 4.69) is 35.5 Å². The van der Waals surface area contributed by atoms with Crippen molar-refractivity contribution < 1.29 is 0 Å². The Balaban J connectivity index is 1.97. The molecule has 1 aliphatic carbocycles. The Hall–Kier alpha value is -2.05. The average molecular weight is 265 g/mol. The van der Waals surface area contributed by atoms with E-state index in [0.29, 0.717) is 12.6 Å². The van der Waals surface area contributed by atoms with Gasteiger partial charge in [-0.15, -0.1) is 6.42 Å². The van der Waals surface area contributed by atoms with E-state index >= 15 is 0 Å². The van der Waals surface area contributed by atoms with Gasteiger partial charge in [0.2, 0.25) is 0 Å². The second-order valence-corrected chi connectivity index (χ2v) is 5.37. The molecule has 1 aliphatic rings. The van der Waals surface area contributed by atoms with Gasteiger partial charge in [0.05, 0.1) is 12.1 Å². The number of fused-ring (bicyclic) bond motifs is 1. The summed E-state index contributed by atoms with van der Waals surface area (Å²) in [5.41, 5.74) is 2.32. The smallest absolute Gasteiger partial charge is 0.130 e. The van der Waals surface area contributed by atoms with Crippen LogP contribution < -0.4 is 10.2 Å². The highest BCUT2D eigenvalue weighted by molar-refractivity contribution is 5.84. The van der Waals surface area contributed by atoms with Crippen LogP contribution in [-0.4, -0.2) is 24.6 Å². The summed E-state index contributed by atoms with van der Waals surface area (Å²) >= 11 is 0. The molecule has 0 amide bonds. The number of nitrogens with zero attached hydrogens (tertiary/aromatic N) is 2. The third-order valence-electron chi connectivity index (χ3n) is 3.67. The summed E-state index contributed by atoms with van der Waals surface area (Å²) in [7, 11) is 1.98. The van der Waals surface area contributed by atoms with Crippen molar-refractivity contribution in [1.82, 2.24) is 10.3 Å². The lowest BCUT2D eigenvalue weighted by atomic mass is 10.1. The van der Waals surface area contributed by atoms with Crippen molar-refractivity contribution in [1.29, 1.82) is 0 Å². The molecule has 3 rings (SSSR count). The van der Waals surface area contributed by atoms with Crippen LogP contribution in [0.1, 0.15) is 18.4 Å². The number of pyridine rings is 1. The number of aromatic nitrogens is 1. The molecule has 0 aliphatic heterocycles. The zero-order valence-electron chi connectivity index (χ0n) is 11.8. The van der Waals surface area contributed by atoms with Crippen LogP contribution in [0.2, 0.25) is 0 Å². The molecule has 3 nitrogen and oxygen atoms in total. The molecule has 0 radical (unpaired) electrons. The van der Waals surface area contributed by atoms with E-state index in [9.17, 15) is 0 Å². The quantitative estimate of drug-likeness (QED) is 0.842. The van der Waals surface area contributed by atoms with Crippen molar-refractivity contribution in [2.75, 3.05) is 18.5 Å². The fraction of sp³-hybridized carbons (Fsp3) is 0.353. The van der Waals surface area contributed by atoms with Gasteiger partial charge in [0.25, 0.3) is 0 Å². The van der Waals surface area contributed by atoms with E-state index in [-0.39, 0.29) is 0 Å². The molecule has 0 spiro atoms. The highest BCUT2D eigenvalue weighted by atomic mass is 15.2. The zero-order valence-corrected chi connectivity index (χ0v) is 11.8. The van der Waals surface area contributed by atoms with Gasteiger partial charge in [-0.1, -0.05) is 24.1 Å². The van der Waals surface area contributed by atoms with Crippen molar-refractivity contribution in [3.63, 3.8) is 0 Å². The highest BCUT2D eigenvalue weighted by Crippen LogP contribution is 2.24. The van der Waals surface area contributed by atoms with E-state index in [0.717, 1.165) is 17.9 Å². The summed E-state index contributed by atoms with van der Waals surface area (Å²) in [5.74, 6) is 3.60. The van der Waals surface area contributed by atoms with Crippen molar-refractivity contribution in [2.45, 2.75) is 25.4 Å². The Bertz CT molecular complexity index is 653. The predicted octanol–water partition coefficient (Wildman–Crippen LogP) is 2.56. The first kappa shape index (κ1) is 13.0. The first-order valence-corrected chi connectivity index (χ1v) is 7.04. The topological polar surface area (TPSA) is 28.2 Å². The number of rotatable bonds is 5. The fourth-order valence-corrected chi connectivity index (χ4v) is 2.33. The lowest BCUT2D eigenvalue weighted by Crippen LogP contribution is -2.20. The Morgan fingerprint density at radius 3 is 2.95 bits per heavy atom. The van der Waals surface area contributed by atoms with Crippen LogP contribution in [0.3, 0.4) is 0 Å². The van der Waals surface area contributed by atoms with Crippen LogP contribution in [-0.2, 0) is 6.54 Å². The van der Waals surface area contributed by atoms with Crippen LogP contribution >= 0.6 is 0 Å². The lowest BCUT2D eigenvalue weighted by molar-refractivity contribution is 0.690. The highest BCUT2D eigenvalue weighted by Gasteiger charge is 2.20. The van der Waals surface area contributed by atoms with Crippen molar-refractivity contribution >= 4 is 16.7 Å². The molecule has 1 aromatic carbocycles. The zero-order chi connectivity index (χ0) is 13.9. The normalized spacial score (nSPS) is 14.2. The predicted molar refractivity (Wildman–Crippen MR) is 83.7 cm³/mol. The monoisotopic (exact) mass is 265 g/mol. The molecule has 0 saturated heterocycles. The third-order valence-corrected chi connectivity index (χ3v) is 3.67. The van der Waals surface area contributed by atoms with Gasteiger partial charge in [-0.2, -0.15) is 0 Å². The number of hydrogen-bond donors (Lipinski definition) is 1. The molecule has 3 heteroatoms. The summed E-state index contributed by atoms with van der Waals surface area (Å²) in [6.07, 6.45) is 7.99. The maximum absolute atomic E-state index is 5.39. The van der Waals surface area contributed by atoms with E-state index in [1.54, 1.807) is 0 Å². The number of hydrogen-bond acceptors (Lipinski definition) is 3. The van der Waals surface area contributed by atoms with E-state index in [1.807, 2.05) is 18.0 Å². The maximum atomic E-state index is 5.39. The van der Waals surface area contributed by atoms with E-state index in [4.69, 9.17) is 11.4 Å². The van der Waals surface area contributed by atoms with Gasteiger partial charge in [0.15, 0.2) is 0 Å². The van der Waals surface area contributed by atoms with Crippen LogP contribution in [0.25, 0.3) is 10.9 Å². The minimum atomic E-state index is 0.570. The first-order valence-electron chi connectivity index (χ1n) is 7.04. The molecule has 0 atom stereocenters. The molecule has 1 N–H and O–H groups in total. The first-order chi connectivity index (χ1) is 9.78. The standard InChI is InChI=1S/C17H19N3/c1-3-10-20(2)17-11-13(12-18-14-8-9-14)15-6-4-5-7-16(15)19-17/h1,4-7,11,14,18H,8-10,12H2,2H3. The molecule has 1 fully saturated rings. The van der Waals surface area contributed by atoms with Gasteiger partial charge >= 0.3 is 0 Å². The summed E-state index contributed by atoms with van der Waals surface area (Å²) in [6.45, 7) is 1.46. The average Bonchev–Trinajstić information content (AvgIpc) is 3.29. The molecular formula is C17H19N3. The van der Waals surface area contributed by atoms with Gasteiger partial charge in [0.1, 0.15) is 5.82 Å². The van der Waals surface area contributed by atoms with Crippen molar-refractivity contribution in [2.24, 2.45) is 0 Å². The Morgan fingerprint density at radius 1 is 1.40 bits per heavy atom. The van der Waals surface area contributed by atoms with Crippen molar-refractivity contribution in [3.8, 4) is 12.3 Å². The molecular weight excluding hydrogens is 246 g/mol. The number of anilines is 1. The number of para-hydroxylation sites is 1. The van der Waals surface area contributed by atoms with Gasteiger partial charge in [-0.05, 0) is 30.5 Å². The summed E-state index contributed by atoms with van der Waals surface area (Å²) in [4.78, 5) is 6.71. The van der Waals surface area contributed by atoms with Crippen LogP contribution in [0.4, 0.5) is 5.82 Å². The molecule has 1 aromatic heterocycles. The molecule has 102 valence electrons. The summed E-state index contributed by atoms with van der Waals surface area (Å²) < 4.78 is 0. The summed E-state index contributed by atoms with van der Waals surface area (Å²) in [5, 5.41) is 4.80. The van der Waals surface area contributed by atoms with Gasteiger partial charge < -0.3 is 10.2 Å². The summed E-state index contributed by atoms with van der Waals surface area (Å²) in [6, 6.07) is 11.1. The van der Waals surface area contributed by atoms with E-state index < -0.39 is 0 Å². The van der Waals surface area contributed by atoms with E-state index in [1.165, 1.54) is 23.8 Å². The second-order valence-electron chi connectivity index (χ2n) is 5.37. The largest absolute Gasteiger partial charge is 0.349 e. The van der Waals surface area contributed by atoms with Crippen LogP contribution in [0, 0.1) is 12.3 Å². The molecule has 0 unspecified atom stereocenters. The number of nitrogens with one attached hydrogen (secondary N) is 1. The Labute approximate surface area is 120 Å². The van der Waals surface area contributed by atoms with Crippen LogP contribution in [0.15, 0.2) is 30.3 Å². The minimum absolute atomic E-state index is 0.570. The van der Waals surface area contributed by atoms with Gasteiger partial charge in [-0.3, -0.25) is 0 Å². The Kier molecular flexibility index (Phi) is 3.58. The molecule has 2 aromatic rings. The third kappa shape index (κ3) is 2.76. The maximum Gasteiger partial charge on any atom is 0.130 e. The molecule has 1 saturated carbocycles. The Morgan fingerprint density at radius 2 is 2.20 bits per heavy atom. The SMILES string of the molecule is C#CCN(C)c1cc(CNC2CC2)c2ccccc2n1. The van der Waals surface area contributed by atoms with Crippen molar-refractivity contribution in [3.05, 3.63) is 35.9 Å². The second kappa shape index (κ2) is 5.52. The minimum Gasteiger partial charge on any atom is -0.349 e. The fourth-order valence-electron chi connectivity index (χ4n) is 2.33. The van der Waals surface area contributed by atoms with Gasteiger partial charge in [0, 0.05) is 25.0 Å². The molecule has 20 heavy (non-hydrogen) atoms. The molecule has 0 bridgehead atoms. The van der Waals surface area contributed by atoms with Gasteiger partial charge in [-0.25, -0.2) is 4.98 Å². The number of terminal acetylenes is 1.